The number of fused-ring (bicyclic) bond motifs is 5. The van der Waals surface area contributed by atoms with Crippen molar-refractivity contribution < 1.29 is 4.79 Å². The lowest BCUT2D eigenvalue weighted by Gasteiger charge is -2.57. The largest absolute Gasteiger partial charge is 0.295 e. The van der Waals surface area contributed by atoms with E-state index in [1.54, 1.807) is 0 Å². The topological polar surface area (TPSA) is 17.1 Å². The summed E-state index contributed by atoms with van der Waals surface area (Å²) < 4.78 is 0. The summed E-state index contributed by atoms with van der Waals surface area (Å²) in [6.45, 7) is 4.90. The first kappa shape index (κ1) is 14.1. The van der Waals surface area contributed by atoms with E-state index in [9.17, 15) is 4.79 Å². The van der Waals surface area contributed by atoms with Crippen LogP contribution in [0.25, 0.3) is 0 Å². The van der Waals surface area contributed by atoms with Gasteiger partial charge in [0.25, 0.3) is 0 Å². The Bertz CT molecular complexity index is 548. The Balaban J connectivity index is 1.70. The summed E-state index contributed by atoms with van der Waals surface area (Å²) in [7, 11) is 0. The lowest BCUT2D eigenvalue weighted by Crippen LogP contribution is -2.50. The lowest BCUT2D eigenvalue weighted by atomic mass is 9.47. The zero-order valence-corrected chi connectivity index (χ0v) is 14.1. The van der Waals surface area contributed by atoms with Crippen LogP contribution < -0.4 is 0 Å². The number of ketones is 1. The van der Waals surface area contributed by atoms with Crippen LogP contribution in [0.2, 0.25) is 0 Å². The second kappa shape index (κ2) is 4.50. The summed E-state index contributed by atoms with van der Waals surface area (Å²) in [6, 6.07) is 0. The van der Waals surface area contributed by atoms with Gasteiger partial charge in [0.1, 0.15) is 0 Å². The maximum Gasteiger partial charge on any atom is 0.155 e. The Morgan fingerprint density at radius 2 is 1.76 bits per heavy atom. The van der Waals surface area contributed by atoms with Gasteiger partial charge in [0.05, 0.1) is 0 Å². The molecule has 2 heteroatoms. The van der Waals surface area contributed by atoms with E-state index in [1.165, 1.54) is 42.5 Å². The highest BCUT2D eigenvalue weighted by Gasteiger charge is 2.57. The van der Waals surface area contributed by atoms with Crippen LogP contribution >= 0.6 is 12.2 Å². The van der Waals surface area contributed by atoms with E-state index < -0.39 is 0 Å². The maximum atomic E-state index is 11.8. The Hall–Kier alpha value is -0.500. The fourth-order valence-electron chi connectivity index (χ4n) is 6.33. The Morgan fingerprint density at radius 1 is 1.00 bits per heavy atom. The van der Waals surface area contributed by atoms with Crippen molar-refractivity contribution in [2.24, 2.45) is 28.6 Å². The van der Waals surface area contributed by atoms with Crippen molar-refractivity contribution in [1.29, 1.82) is 0 Å². The van der Waals surface area contributed by atoms with Gasteiger partial charge in [0.15, 0.2) is 5.78 Å². The molecule has 1 nitrogen and oxygen atoms in total. The molecule has 21 heavy (non-hydrogen) atoms. The van der Waals surface area contributed by atoms with E-state index in [0.29, 0.717) is 16.6 Å². The quantitative estimate of drug-likeness (QED) is 0.593. The highest BCUT2D eigenvalue weighted by atomic mass is 32.1. The summed E-state index contributed by atoms with van der Waals surface area (Å²) in [5.74, 6) is 2.83. The summed E-state index contributed by atoms with van der Waals surface area (Å²) in [6.07, 6.45) is 11.4. The molecule has 4 aliphatic rings. The molecule has 0 saturated heterocycles. The van der Waals surface area contributed by atoms with Gasteiger partial charge in [-0.2, -0.15) is 0 Å². The third-order valence-corrected chi connectivity index (χ3v) is 8.34. The van der Waals surface area contributed by atoms with E-state index in [4.69, 9.17) is 12.2 Å². The molecule has 0 N–H and O–H groups in total. The highest BCUT2D eigenvalue weighted by Crippen LogP contribution is 2.64. The van der Waals surface area contributed by atoms with E-state index >= 15 is 0 Å². The molecule has 0 radical (unpaired) electrons. The molecule has 0 bridgehead atoms. The Labute approximate surface area is 133 Å². The predicted molar refractivity (Wildman–Crippen MR) is 89.3 cm³/mol. The van der Waals surface area contributed by atoms with Gasteiger partial charge in [0.2, 0.25) is 0 Å². The average Bonchev–Trinajstić information content (AvgIpc) is 2.76. The number of rotatable bonds is 0. The fourth-order valence-corrected chi connectivity index (χ4v) is 6.70. The van der Waals surface area contributed by atoms with Crippen molar-refractivity contribution in [3.8, 4) is 0 Å². The number of carbonyl (C=O) groups excluding carboxylic acids is 1. The first-order chi connectivity index (χ1) is 9.95. The molecule has 0 amide bonds. The van der Waals surface area contributed by atoms with Gasteiger partial charge in [0, 0.05) is 11.8 Å². The first-order valence-corrected chi connectivity index (χ1v) is 9.13. The van der Waals surface area contributed by atoms with Gasteiger partial charge in [-0.3, -0.25) is 4.79 Å². The number of hydrogen-bond acceptors (Lipinski definition) is 2. The van der Waals surface area contributed by atoms with Gasteiger partial charge in [-0.05, 0) is 79.1 Å². The van der Waals surface area contributed by atoms with Gasteiger partial charge >= 0.3 is 0 Å². The minimum absolute atomic E-state index is 0.308. The molecule has 4 rings (SSSR count). The second-order valence-electron chi connectivity index (χ2n) is 8.39. The van der Waals surface area contributed by atoms with Crippen molar-refractivity contribution in [3.05, 3.63) is 11.6 Å². The number of hydrogen-bond donors (Lipinski definition) is 0. The molecule has 0 aromatic heterocycles. The third-order valence-electron chi connectivity index (χ3n) is 7.67. The number of allylic oxidation sites excluding steroid dienone is 1. The summed E-state index contributed by atoms with van der Waals surface area (Å²) in [5, 5.41) is 0. The zero-order valence-electron chi connectivity index (χ0n) is 13.3. The number of thiocarbonyl (C=S) groups is 1. The molecule has 0 aliphatic heterocycles. The zero-order chi connectivity index (χ0) is 14.8. The van der Waals surface area contributed by atoms with Crippen molar-refractivity contribution in [2.75, 3.05) is 0 Å². The summed E-state index contributed by atoms with van der Waals surface area (Å²) >= 11 is 5.73. The van der Waals surface area contributed by atoms with Crippen LogP contribution in [0.1, 0.15) is 65.2 Å². The fraction of sp³-hybridized carbons (Fsp3) is 0.789. The molecule has 0 heterocycles. The molecule has 3 fully saturated rings. The normalized spacial score (nSPS) is 49.2. The smallest absolute Gasteiger partial charge is 0.155 e. The highest BCUT2D eigenvalue weighted by molar-refractivity contribution is 7.80. The summed E-state index contributed by atoms with van der Waals surface area (Å²) in [4.78, 5) is 13.2. The Morgan fingerprint density at radius 3 is 2.57 bits per heavy atom. The minimum Gasteiger partial charge on any atom is -0.295 e. The van der Waals surface area contributed by atoms with Crippen molar-refractivity contribution >= 4 is 22.9 Å². The number of carbonyl (C=O) groups is 1. The van der Waals surface area contributed by atoms with E-state index in [0.717, 1.165) is 37.0 Å². The van der Waals surface area contributed by atoms with Crippen LogP contribution in [0, 0.1) is 28.6 Å². The lowest BCUT2D eigenvalue weighted by molar-refractivity contribution is -0.117. The van der Waals surface area contributed by atoms with Gasteiger partial charge < -0.3 is 0 Å². The second-order valence-corrected chi connectivity index (χ2v) is 8.88. The standard InChI is InChI=1S/C19H26OS/c1-18-9-7-13(20)11-12(18)3-4-14-15-5-6-17(21)19(15,2)10-8-16(14)18/h11,14-16H,3-10H2,1-2H3/t14-,15-,16-,18-,19-/m0/s1. The van der Waals surface area contributed by atoms with Crippen LogP contribution in [0.5, 0.6) is 0 Å². The molecule has 4 aliphatic carbocycles. The maximum absolute atomic E-state index is 11.8. The van der Waals surface area contributed by atoms with Crippen molar-refractivity contribution in [3.63, 3.8) is 0 Å². The van der Waals surface area contributed by atoms with Crippen LogP contribution in [-0.2, 0) is 4.79 Å². The molecule has 0 aromatic carbocycles. The van der Waals surface area contributed by atoms with Crippen LogP contribution in [0.3, 0.4) is 0 Å². The van der Waals surface area contributed by atoms with Crippen LogP contribution in [0.15, 0.2) is 11.6 Å². The van der Waals surface area contributed by atoms with E-state index in [2.05, 4.69) is 13.8 Å². The average molecular weight is 302 g/mol. The van der Waals surface area contributed by atoms with Gasteiger partial charge in [-0.1, -0.05) is 31.6 Å². The predicted octanol–water partition coefficient (Wildman–Crippen LogP) is 4.89. The van der Waals surface area contributed by atoms with Crippen LogP contribution in [0.4, 0.5) is 0 Å². The molecular weight excluding hydrogens is 276 g/mol. The minimum atomic E-state index is 0.308. The third kappa shape index (κ3) is 1.81. The SMILES string of the molecule is C[C@]12CCC(=O)C=C1CC[C@@H]1[C@@H]2CC[C@]2(C)C(=S)CC[C@@H]12. The first-order valence-electron chi connectivity index (χ1n) is 8.72. The van der Waals surface area contributed by atoms with E-state index in [1.807, 2.05) is 6.08 Å². The molecule has 0 aromatic rings. The Kier molecular flexibility index (Phi) is 3.03. The van der Waals surface area contributed by atoms with Crippen LogP contribution in [-0.4, -0.2) is 10.6 Å². The molecule has 3 saturated carbocycles. The summed E-state index contributed by atoms with van der Waals surface area (Å²) in [5.41, 5.74) is 2.13. The monoisotopic (exact) mass is 302 g/mol. The molecule has 5 atom stereocenters. The van der Waals surface area contributed by atoms with Gasteiger partial charge in [-0.25, -0.2) is 0 Å². The van der Waals surface area contributed by atoms with Crippen molar-refractivity contribution in [2.45, 2.75) is 65.2 Å². The van der Waals surface area contributed by atoms with Gasteiger partial charge in [-0.15, -0.1) is 0 Å². The molecular formula is C19H26OS. The van der Waals surface area contributed by atoms with Crippen molar-refractivity contribution in [1.82, 2.24) is 0 Å². The molecule has 0 spiro atoms. The molecule has 0 unspecified atom stereocenters. The molecule has 114 valence electrons. The van der Waals surface area contributed by atoms with E-state index in [-0.39, 0.29) is 0 Å².